The lowest BCUT2D eigenvalue weighted by atomic mass is 10.1. The average molecular weight is 328 g/mol. The first-order valence-corrected chi connectivity index (χ1v) is 7.64. The SMILES string of the molecule is CCCN(CCBr)C(=O)c1cccc2c1OCCO2. The summed E-state index contributed by atoms with van der Waals surface area (Å²) in [6, 6.07) is 5.46. The molecule has 0 spiro atoms. The monoisotopic (exact) mass is 327 g/mol. The molecule has 1 aromatic rings. The number of rotatable bonds is 5. The van der Waals surface area contributed by atoms with Crippen LogP contribution in [0.1, 0.15) is 23.7 Å². The topological polar surface area (TPSA) is 38.8 Å². The zero-order valence-electron chi connectivity index (χ0n) is 11.0. The molecule has 0 aromatic heterocycles. The molecule has 0 saturated heterocycles. The molecule has 0 unspecified atom stereocenters. The number of ether oxygens (including phenoxy) is 2. The zero-order valence-corrected chi connectivity index (χ0v) is 12.6. The number of nitrogens with zero attached hydrogens (tertiary/aromatic N) is 1. The van der Waals surface area contributed by atoms with Gasteiger partial charge in [-0.15, -0.1) is 0 Å². The predicted molar refractivity (Wildman–Crippen MR) is 77.4 cm³/mol. The molecular formula is C14H18BrNO3. The van der Waals surface area contributed by atoms with Crippen molar-refractivity contribution < 1.29 is 14.3 Å². The van der Waals surface area contributed by atoms with E-state index in [1.54, 1.807) is 6.07 Å². The summed E-state index contributed by atoms with van der Waals surface area (Å²) in [6.07, 6.45) is 0.936. The van der Waals surface area contributed by atoms with E-state index in [-0.39, 0.29) is 5.91 Å². The second-order valence-corrected chi connectivity index (χ2v) is 5.10. The molecule has 104 valence electrons. The predicted octanol–water partition coefficient (Wildman–Crippen LogP) is 2.70. The number of alkyl halides is 1. The minimum atomic E-state index is 0.00338. The van der Waals surface area contributed by atoms with E-state index in [4.69, 9.17) is 9.47 Å². The van der Waals surface area contributed by atoms with Gasteiger partial charge in [0.05, 0.1) is 5.56 Å². The number of carbonyl (C=O) groups excluding carboxylic acids is 1. The third-order valence-corrected chi connectivity index (χ3v) is 3.29. The van der Waals surface area contributed by atoms with Crippen molar-refractivity contribution in [3.05, 3.63) is 23.8 Å². The maximum Gasteiger partial charge on any atom is 0.257 e. The standard InChI is InChI=1S/C14H18BrNO3/c1-2-7-16(8-6-15)14(17)11-4-3-5-12-13(11)19-10-9-18-12/h3-5H,2,6-10H2,1H3. The van der Waals surface area contributed by atoms with Crippen molar-refractivity contribution in [1.29, 1.82) is 0 Å². The smallest absolute Gasteiger partial charge is 0.257 e. The number of fused-ring (bicyclic) bond motifs is 1. The second-order valence-electron chi connectivity index (χ2n) is 4.31. The molecule has 1 amide bonds. The molecule has 0 radical (unpaired) electrons. The molecule has 5 heteroatoms. The highest BCUT2D eigenvalue weighted by atomic mass is 79.9. The summed E-state index contributed by atoms with van der Waals surface area (Å²) < 4.78 is 11.1. The van der Waals surface area contributed by atoms with E-state index < -0.39 is 0 Å². The van der Waals surface area contributed by atoms with Crippen molar-refractivity contribution >= 4 is 21.8 Å². The van der Waals surface area contributed by atoms with Crippen LogP contribution in [-0.4, -0.2) is 42.4 Å². The van der Waals surface area contributed by atoms with Crippen molar-refractivity contribution in [3.8, 4) is 11.5 Å². The Kier molecular flexibility index (Phi) is 5.07. The van der Waals surface area contributed by atoms with Crippen LogP contribution in [0.5, 0.6) is 11.5 Å². The summed E-state index contributed by atoms with van der Waals surface area (Å²) in [6.45, 7) is 4.52. The molecule has 0 fully saturated rings. The fourth-order valence-corrected chi connectivity index (χ4v) is 2.53. The van der Waals surface area contributed by atoms with Crippen LogP contribution in [0, 0.1) is 0 Å². The summed E-state index contributed by atoms with van der Waals surface area (Å²) in [4.78, 5) is 14.4. The summed E-state index contributed by atoms with van der Waals surface area (Å²) >= 11 is 3.39. The Balaban J connectivity index is 2.27. The third-order valence-electron chi connectivity index (χ3n) is 2.93. The lowest BCUT2D eigenvalue weighted by Crippen LogP contribution is -2.34. The van der Waals surface area contributed by atoms with E-state index in [9.17, 15) is 4.79 Å². The van der Waals surface area contributed by atoms with Crippen LogP contribution in [0.4, 0.5) is 0 Å². The summed E-state index contributed by atoms with van der Waals surface area (Å²) in [5, 5.41) is 0.769. The Bertz CT molecular complexity index is 444. The van der Waals surface area contributed by atoms with Crippen LogP contribution < -0.4 is 9.47 Å². The van der Waals surface area contributed by atoms with Gasteiger partial charge in [-0.05, 0) is 18.6 Å². The van der Waals surface area contributed by atoms with Crippen molar-refractivity contribution in [3.63, 3.8) is 0 Å². The number of carbonyl (C=O) groups is 1. The van der Waals surface area contributed by atoms with Gasteiger partial charge in [0.1, 0.15) is 13.2 Å². The average Bonchev–Trinajstić information content (AvgIpc) is 2.46. The van der Waals surface area contributed by atoms with Crippen molar-refractivity contribution in [2.75, 3.05) is 31.6 Å². The maximum atomic E-state index is 12.6. The number of benzene rings is 1. The quantitative estimate of drug-likeness (QED) is 0.780. The summed E-state index contributed by atoms with van der Waals surface area (Å²) in [5.74, 6) is 1.24. The molecule has 0 atom stereocenters. The highest BCUT2D eigenvalue weighted by molar-refractivity contribution is 9.09. The normalized spacial score (nSPS) is 13.2. The molecule has 0 aliphatic carbocycles. The Labute approximate surface area is 121 Å². The highest BCUT2D eigenvalue weighted by Crippen LogP contribution is 2.34. The van der Waals surface area contributed by atoms with Crippen LogP contribution >= 0.6 is 15.9 Å². The number of para-hydroxylation sites is 1. The van der Waals surface area contributed by atoms with Crippen LogP contribution in [0.3, 0.4) is 0 Å². The highest BCUT2D eigenvalue weighted by Gasteiger charge is 2.23. The van der Waals surface area contributed by atoms with E-state index in [0.717, 1.165) is 18.3 Å². The first-order valence-electron chi connectivity index (χ1n) is 6.51. The van der Waals surface area contributed by atoms with E-state index in [1.807, 2.05) is 17.0 Å². The molecule has 19 heavy (non-hydrogen) atoms. The molecular weight excluding hydrogens is 310 g/mol. The molecule has 1 aliphatic heterocycles. The van der Waals surface area contributed by atoms with Gasteiger partial charge in [0.2, 0.25) is 0 Å². The maximum absolute atomic E-state index is 12.6. The Hall–Kier alpha value is -1.23. The number of hydrogen-bond donors (Lipinski definition) is 0. The summed E-state index contributed by atoms with van der Waals surface area (Å²) in [7, 11) is 0. The molecule has 2 rings (SSSR count). The van der Waals surface area contributed by atoms with Gasteiger partial charge in [0.15, 0.2) is 11.5 Å². The molecule has 0 saturated carbocycles. The van der Waals surface area contributed by atoms with E-state index in [2.05, 4.69) is 22.9 Å². The van der Waals surface area contributed by atoms with Gasteiger partial charge in [0.25, 0.3) is 5.91 Å². The van der Waals surface area contributed by atoms with Crippen molar-refractivity contribution in [2.24, 2.45) is 0 Å². The van der Waals surface area contributed by atoms with Gasteiger partial charge in [-0.2, -0.15) is 0 Å². The minimum Gasteiger partial charge on any atom is -0.486 e. The van der Waals surface area contributed by atoms with Crippen molar-refractivity contribution in [1.82, 2.24) is 4.90 Å². The number of amides is 1. The summed E-state index contributed by atoms with van der Waals surface area (Å²) in [5.41, 5.74) is 0.589. The third kappa shape index (κ3) is 3.21. The first kappa shape index (κ1) is 14.2. The van der Waals surface area contributed by atoms with Gasteiger partial charge in [-0.3, -0.25) is 4.79 Å². The fourth-order valence-electron chi connectivity index (χ4n) is 2.10. The lowest BCUT2D eigenvalue weighted by Gasteiger charge is -2.25. The molecule has 0 N–H and O–H groups in total. The molecule has 1 heterocycles. The minimum absolute atomic E-state index is 0.00338. The van der Waals surface area contributed by atoms with Crippen LogP contribution in [0.2, 0.25) is 0 Å². The number of hydrogen-bond acceptors (Lipinski definition) is 3. The lowest BCUT2D eigenvalue weighted by molar-refractivity contribution is 0.0756. The van der Waals surface area contributed by atoms with E-state index >= 15 is 0 Å². The van der Waals surface area contributed by atoms with Gasteiger partial charge in [-0.25, -0.2) is 0 Å². The van der Waals surface area contributed by atoms with Crippen LogP contribution in [0.15, 0.2) is 18.2 Å². The second kappa shape index (κ2) is 6.80. The largest absolute Gasteiger partial charge is 0.486 e. The van der Waals surface area contributed by atoms with Crippen molar-refractivity contribution in [2.45, 2.75) is 13.3 Å². The molecule has 1 aromatic carbocycles. The van der Waals surface area contributed by atoms with Crippen LogP contribution in [-0.2, 0) is 0 Å². The Morgan fingerprint density at radius 3 is 2.84 bits per heavy atom. The van der Waals surface area contributed by atoms with Gasteiger partial charge in [0, 0.05) is 18.4 Å². The first-order chi connectivity index (χ1) is 9.27. The van der Waals surface area contributed by atoms with E-state index in [0.29, 0.717) is 36.8 Å². The molecule has 0 bridgehead atoms. The van der Waals surface area contributed by atoms with Gasteiger partial charge < -0.3 is 14.4 Å². The fraction of sp³-hybridized carbons (Fsp3) is 0.500. The zero-order chi connectivity index (χ0) is 13.7. The van der Waals surface area contributed by atoms with Gasteiger partial charge >= 0.3 is 0 Å². The van der Waals surface area contributed by atoms with Gasteiger partial charge in [-0.1, -0.05) is 28.9 Å². The van der Waals surface area contributed by atoms with Crippen LogP contribution in [0.25, 0.3) is 0 Å². The molecule has 1 aliphatic rings. The Morgan fingerprint density at radius 2 is 2.11 bits per heavy atom. The van der Waals surface area contributed by atoms with E-state index in [1.165, 1.54) is 0 Å². The Morgan fingerprint density at radius 1 is 1.32 bits per heavy atom. The number of halogens is 1. The molecule has 4 nitrogen and oxygen atoms in total.